The quantitative estimate of drug-likeness (QED) is 0.770. The summed E-state index contributed by atoms with van der Waals surface area (Å²) in [7, 11) is 0. The van der Waals surface area contributed by atoms with Crippen LogP contribution in [0.2, 0.25) is 0 Å². The molecule has 1 atom stereocenters. The molecule has 28 heavy (non-hydrogen) atoms. The van der Waals surface area contributed by atoms with E-state index in [0.717, 1.165) is 5.56 Å². The zero-order valence-electron chi connectivity index (χ0n) is 16.5. The molecule has 6 nitrogen and oxygen atoms in total. The summed E-state index contributed by atoms with van der Waals surface area (Å²) < 4.78 is 10.5. The molecule has 0 saturated carbocycles. The molecule has 146 valence electrons. The lowest BCUT2D eigenvalue weighted by Crippen LogP contribution is -2.29. The molecule has 0 bridgehead atoms. The van der Waals surface area contributed by atoms with Crippen molar-refractivity contribution in [2.24, 2.45) is 0 Å². The van der Waals surface area contributed by atoms with Gasteiger partial charge in [-0.25, -0.2) is 4.79 Å². The van der Waals surface area contributed by atoms with Gasteiger partial charge in [0.25, 0.3) is 5.91 Å². The van der Waals surface area contributed by atoms with Crippen LogP contribution < -0.4 is 10.1 Å². The Kier molecular flexibility index (Phi) is 6.78. The highest BCUT2D eigenvalue weighted by molar-refractivity contribution is 5.93. The monoisotopic (exact) mass is 380 g/mol. The average molecular weight is 380 g/mol. The van der Waals surface area contributed by atoms with E-state index >= 15 is 0 Å². The second-order valence-electron chi connectivity index (χ2n) is 7.38. The number of anilines is 1. The fourth-order valence-corrected chi connectivity index (χ4v) is 2.36. The van der Waals surface area contributed by atoms with Crippen LogP contribution >= 0.6 is 0 Å². The van der Waals surface area contributed by atoms with Crippen molar-refractivity contribution in [3.8, 4) is 11.8 Å². The van der Waals surface area contributed by atoms with Crippen molar-refractivity contribution < 1.29 is 19.1 Å². The van der Waals surface area contributed by atoms with Gasteiger partial charge >= 0.3 is 5.97 Å². The van der Waals surface area contributed by atoms with Crippen molar-refractivity contribution in [2.75, 3.05) is 11.9 Å². The number of amides is 1. The van der Waals surface area contributed by atoms with E-state index in [1.165, 1.54) is 6.92 Å². The molecule has 0 saturated heterocycles. The fourth-order valence-electron chi connectivity index (χ4n) is 2.36. The van der Waals surface area contributed by atoms with Gasteiger partial charge in [0.2, 0.25) is 0 Å². The van der Waals surface area contributed by atoms with Gasteiger partial charge in [0.15, 0.2) is 12.7 Å². The Balaban J connectivity index is 1.81. The van der Waals surface area contributed by atoms with Gasteiger partial charge in [0, 0.05) is 5.69 Å². The number of carbonyl (C=O) groups is 2. The molecule has 0 unspecified atom stereocenters. The molecule has 0 spiro atoms. The molecule has 0 radical (unpaired) electrons. The van der Waals surface area contributed by atoms with Gasteiger partial charge < -0.3 is 14.8 Å². The maximum Gasteiger partial charge on any atom is 0.347 e. The minimum absolute atomic E-state index is 0.0309. The molecule has 0 aromatic heterocycles. The zero-order valence-corrected chi connectivity index (χ0v) is 16.5. The minimum atomic E-state index is -0.883. The van der Waals surface area contributed by atoms with E-state index in [4.69, 9.17) is 14.7 Å². The number of rotatable bonds is 6. The van der Waals surface area contributed by atoms with E-state index in [1.54, 1.807) is 24.3 Å². The van der Waals surface area contributed by atoms with E-state index in [2.05, 4.69) is 26.1 Å². The van der Waals surface area contributed by atoms with Crippen molar-refractivity contribution in [3.63, 3.8) is 0 Å². The summed E-state index contributed by atoms with van der Waals surface area (Å²) in [6.07, 6.45) is -0.883. The van der Waals surface area contributed by atoms with E-state index in [-0.39, 0.29) is 5.41 Å². The first-order valence-electron chi connectivity index (χ1n) is 8.93. The maximum absolute atomic E-state index is 12.0. The van der Waals surface area contributed by atoms with E-state index in [0.29, 0.717) is 17.0 Å². The lowest BCUT2D eigenvalue weighted by Gasteiger charge is -2.19. The van der Waals surface area contributed by atoms with Crippen LogP contribution in [-0.4, -0.2) is 24.6 Å². The summed E-state index contributed by atoms with van der Waals surface area (Å²) in [5, 5.41) is 11.5. The molecule has 6 heteroatoms. The van der Waals surface area contributed by atoms with Crippen molar-refractivity contribution in [3.05, 3.63) is 59.7 Å². The standard InChI is InChI=1S/C22H24N2O4/c1-15(28-19-11-5-16(13-23)6-12-19)21(26)27-14-20(25)24-18-9-7-17(8-10-18)22(2,3)4/h5-12,15H,14H2,1-4H3,(H,24,25)/t15-/m1/s1. The van der Waals surface area contributed by atoms with Crippen LogP contribution in [0.3, 0.4) is 0 Å². The van der Waals surface area contributed by atoms with Crippen LogP contribution in [0, 0.1) is 11.3 Å². The SMILES string of the molecule is C[C@@H](Oc1ccc(C#N)cc1)C(=O)OCC(=O)Nc1ccc(C(C)(C)C)cc1. The van der Waals surface area contributed by atoms with E-state index in [1.807, 2.05) is 30.3 Å². The van der Waals surface area contributed by atoms with Gasteiger partial charge in [-0.3, -0.25) is 4.79 Å². The normalized spacial score (nSPS) is 11.8. The number of benzene rings is 2. The summed E-state index contributed by atoms with van der Waals surface area (Å²) in [4.78, 5) is 24.0. The van der Waals surface area contributed by atoms with Crippen molar-refractivity contribution in [1.29, 1.82) is 5.26 Å². The summed E-state index contributed by atoms with van der Waals surface area (Å²) in [6, 6.07) is 15.9. The predicted molar refractivity (Wildman–Crippen MR) is 106 cm³/mol. The molecule has 2 rings (SSSR count). The Morgan fingerprint density at radius 2 is 1.68 bits per heavy atom. The van der Waals surface area contributed by atoms with Crippen molar-refractivity contribution >= 4 is 17.6 Å². The van der Waals surface area contributed by atoms with Gasteiger partial charge in [0.05, 0.1) is 11.6 Å². The number of hydrogen-bond acceptors (Lipinski definition) is 5. The lowest BCUT2D eigenvalue weighted by atomic mass is 9.87. The molecule has 0 aliphatic carbocycles. The molecule has 0 aliphatic heterocycles. The first-order valence-corrected chi connectivity index (χ1v) is 8.93. The van der Waals surface area contributed by atoms with Crippen molar-refractivity contribution in [2.45, 2.75) is 39.2 Å². The summed E-state index contributed by atoms with van der Waals surface area (Å²) in [6.45, 7) is 7.47. The molecular weight excluding hydrogens is 356 g/mol. The van der Waals surface area contributed by atoms with Crippen LogP contribution in [0.15, 0.2) is 48.5 Å². The minimum Gasteiger partial charge on any atom is -0.479 e. The Hall–Kier alpha value is -3.33. The topological polar surface area (TPSA) is 88.4 Å². The zero-order chi connectivity index (χ0) is 20.7. The molecule has 1 amide bonds. The largest absolute Gasteiger partial charge is 0.479 e. The number of nitrogens with one attached hydrogen (secondary N) is 1. The smallest absolute Gasteiger partial charge is 0.347 e. The van der Waals surface area contributed by atoms with Crippen LogP contribution in [-0.2, 0) is 19.7 Å². The number of esters is 1. The highest BCUT2D eigenvalue weighted by Gasteiger charge is 2.18. The van der Waals surface area contributed by atoms with Gasteiger partial charge in [0.1, 0.15) is 5.75 Å². The first-order chi connectivity index (χ1) is 13.2. The Labute approximate surface area is 165 Å². The number of ether oxygens (including phenoxy) is 2. The third-order valence-corrected chi connectivity index (χ3v) is 4.01. The Morgan fingerprint density at radius 1 is 1.07 bits per heavy atom. The molecule has 0 heterocycles. The van der Waals surface area contributed by atoms with E-state index < -0.39 is 24.6 Å². The first kappa shape index (κ1) is 21.0. The highest BCUT2D eigenvalue weighted by Crippen LogP contribution is 2.23. The van der Waals surface area contributed by atoms with Crippen LogP contribution in [0.5, 0.6) is 5.75 Å². The average Bonchev–Trinajstić information content (AvgIpc) is 2.66. The van der Waals surface area contributed by atoms with Crippen LogP contribution in [0.1, 0.15) is 38.8 Å². The summed E-state index contributed by atoms with van der Waals surface area (Å²) >= 11 is 0. The van der Waals surface area contributed by atoms with Gasteiger partial charge in [-0.05, 0) is 54.3 Å². The number of carbonyl (C=O) groups excluding carboxylic acids is 2. The number of hydrogen-bond donors (Lipinski definition) is 1. The summed E-state index contributed by atoms with van der Waals surface area (Å²) in [5.41, 5.74) is 2.32. The molecule has 0 fully saturated rings. The van der Waals surface area contributed by atoms with Crippen molar-refractivity contribution in [1.82, 2.24) is 0 Å². The number of nitriles is 1. The molecule has 0 aliphatic rings. The maximum atomic E-state index is 12.0. The molecular formula is C22H24N2O4. The number of nitrogens with zero attached hydrogens (tertiary/aromatic N) is 1. The Morgan fingerprint density at radius 3 is 2.21 bits per heavy atom. The third kappa shape index (κ3) is 6.13. The predicted octanol–water partition coefficient (Wildman–Crippen LogP) is 3.80. The van der Waals surface area contributed by atoms with Crippen LogP contribution in [0.4, 0.5) is 5.69 Å². The summed E-state index contributed by atoms with van der Waals surface area (Å²) in [5.74, 6) is -0.642. The molecule has 1 N–H and O–H groups in total. The van der Waals surface area contributed by atoms with Gasteiger partial charge in [-0.15, -0.1) is 0 Å². The Bertz CT molecular complexity index is 859. The lowest BCUT2D eigenvalue weighted by molar-refractivity contribution is -0.153. The second kappa shape index (κ2) is 9.05. The fraction of sp³-hybridized carbons (Fsp3) is 0.318. The highest BCUT2D eigenvalue weighted by atomic mass is 16.6. The third-order valence-electron chi connectivity index (χ3n) is 4.01. The van der Waals surface area contributed by atoms with Crippen LogP contribution in [0.25, 0.3) is 0 Å². The second-order valence-corrected chi connectivity index (χ2v) is 7.38. The van der Waals surface area contributed by atoms with E-state index in [9.17, 15) is 9.59 Å². The van der Waals surface area contributed by atoms with Gasteiger partial charge in [-0.1, -0.05) is 32.9 Å². The molecule has 2 aromatic rings. The van der Waals surface area contributed by atoms with Gasteiger partial charge in [-0.2, -0.15) is 5.26 Å². The molecule has 2 aromatic carbocycles.